The lowest BCUT2D eigenvalue weighted by Gasteiger charge is -2.30. The van der Waals surface area contributed by atoms with Crippen LogP contribution in [-0.4, -0.2) is 27.3 Å². The molecule has 4 rings (SSSR count). The van der Waals surface area contributed by atoms with E-state index in [2.05, 4.69) is 34.9 Å². The molecule has 1 aliphatic rings. The number of hydrogen-bond acceptors (Lipinski definition) is 6. The number of nitriles is 1. The lowest BCUT2D eigenvalue weighted by Crippen LogP contribution is -2.26. The summed E-state index contributed by atoms with van der Waals surface area (Å²) >= 11 is 0. The minimum absolute atomic E-state index is 0.139. The number of nitrogens with zero attached hydrogens (tertiary/aromatic N) is 5. The zero-order chi connectivity index (χ0) is 25.5. The Morgan fingerprint density at radius 2 is 1.89 bits per heavy atom. The van der Waals surface area contributed by atoms with Crippen molar-refractivity contribution in [2.45, 2.75) is 40.5 Å². The van der Waals surface area contributed by atoms with Gasteiger partial charge in [0.05, 0.1) is 5.92 Å². The molecule has 2 aromatic heterocycles. The highest BCUT2D eigenvalue weighted by Gasteiger charge is 2.34. The first kappa shape index (κ1) is 25.4. The van der Waals surface area contributed by atoms with Gasteiger partial charge in [-0.25, -0.2) is 4.98 Å². The van der Waals surface area contributed by atoms with Crippen LogP contribution < -0.4 is 5.73 Å². The highest BCUT2D eigenvalue weighted by Crippen LogP contribution is 2.41. The van der Waals surface area contributed by atoms with Gasteiger partial charge < -0.3 is 10.5 Å². The number of hydrogen-bond donors (Lipinski definition) is 1. The summed E-state index contributed by atoms with van der Waals surface area (Å²) in [6.45, 7) is 10.0. The molecule has 3 aromatic rings. The van der Waals surface area contributed by atoms with Crippen molar-refractivity contribution in [2.75, 3.05) is 7.05 Å². The second-order valence-corrected chi connectivity index (χ2v) is 8.11. The third-order valence-electron chi connectivity index (χ3n) is 5.73. The standard InChI is InChI=1S/C26H26N6O.C2H6/c1-16(2)24(29-4)22-17(3)33-25(28)21(14-27)23(22)18-7-9-20(10-8-18)32-13-12-31-26(32)19-6-5-11-30-15-19;1-2/h5-13,15-16,23H,28H2,1-4H3;1-2H3. The maximum absolute atomic E-state index is 9.91. The van der Waals surface area contributed by atoms with Crippen LogP contribution in [0.2, 0.25) is 0 Å². The number of pyridine rings is 1. The molecule has 0 radical (unpaired) electrons. The highest BCUT2D eigenvalue weighted by molar-refractivity contribution is 6.04. The molecule has 1 aliphatic heterocycles. The molecule has 0 saturated heterocycles. The van der Waals surface area contributed by atoms with Gasteiger partial charge in [0.25, 0.3) is 0 Å². The lowest BCUT2D eigenvalue weighted by molar-refractivity contribution is 0.283. The van der Waals surface area contributed by atoms with Gasteiger partial charge in [0, 0.05) is 54.4 Å². The van der Waals surface area contributed by atoms with Gasteiger partial charge >= 0.3 is 0 Å². The summed E-state index contributed by atoms with van der Waals surface area (Å²) in [6, 6.07) is 14.2. The van der Waals surface area contributed by atoms with Crippen LogP contribution in [-0.2, 0) is 4.74 Å². The van der Waals surface area contributed by atoms with E-state index in [1.807, 2.05) is 67.9 Å². The molecule has 0 spiro atoms. The second-order valence-electron chi connectivity index (χ2n) is 8.11. The fraction of sp³-hybridized carbons (Fsp3) is 0.286. The van der Waals surface area contributed by atoms with E-state index in [4.69, 9.17) is 10.5 Å². The summed E-state index contributed by atoms with van der Waals surface area (Å²) in [6.07, 6.45) is 7.21. The van der Waals surface area contributed by atoms with Crippen molar-refractivity contribution >= 4 is 5.71 Å². The van der Waals surface area contributed by atoms with E-state index in [0.717, 1.165) is 33.9 Å². The predicted octanol–water partition coefficient (Wildman–Crippen LogP) is 5.77. The first-order valence-electron chi connectivity index (χ1n) is 11.8. The number of aromatic nitrogens is 3. The maximum Gasteiger partial charge on any atom is 0.205 e. The molecular formula is C28H32N6O. The van der Waals surface area contributed by atoms with Gasteiger partial charge in [0.15, 0.2) is 0 Å². The van der Waals surface area contributed by atoms with Crippen molar-refractivity contribution in [3.63, 3.8) is 0 Å². The van der Waals surface area contributed by atoms with Crippen LogP contribution in [0.3, 0.4) is 0 Å². The summed E-state index contributed by atoms with van der Waals surface area (Å²) in [7, 11) is 1.77. The van der Waals surface area contributed by atoms with Crippen LogP contribution in [0.4, 0.5) is 0 Å². The third-order valence-corrected chi connectivity index (χ3v) is 5.73. The molecule has 180 valence electrons. The average Bonchev–Trinajstić information content (AvgIpc) is 3.37. The first-order chi connectivity index (χ1) is 17.0. The summed E-state index contributed by atoms with van der Waals surface area (Å²) in [4.78, 5) is 13.2. The van der Waals surface area contributed by atoms with Crippen LogP contribution in [0.5, 0.6) is 0 Å². The Morgan fingerprint density at radius 1 is 1.17 bits per heavy atom. The molecule has 35 heavy (non-hydrogen) atoms. The Labute approximate surface area is 207 Å². The van der Waals surface area contributed by atoms with Crippen LogP contribution in [0, 0.1) is 17.2 Å². The molecule has 3 heterocycles. The van der Waals surface area contributed by atoms with E-state index in [1.165, 1.54) is 0 Å². The number of benzene rings is 1. The molecule has 1 atom stereocenters. The van der Waals surface area contributed by atoms with Crippen molar-refractivity contribution in [3.05, 3.63) is 89.5 Å². The van der Waals surface area contributed by atoms with Crippen molar-refractivity contribution < 1.29 is 4.74 Å². The maximum atomic E-state index is 9.91. The summed E-state index contributed by atoms with van der Waals surface area (Å²) in [5.41, 5.74) is 11.1. The fourth-order valence-electron chi connectivity index (χ4n) is 4.28. The van der Waals surface area contributed by atoms with Gasteiger partial charge in [-0.2, -0.15) is 5.26 Å². The summed E-state index contributed by atoms with van der Waals surface area (Å²) in [5.74, 6) is 1.43. The van der Waals surface area contributed by atoms with Gasteiger partial charge in [-0.3, -0.25) is 14.5 Å². The normalized spacial score (nSPS) is 15.9. The molecule has 7 nitrogen and oxygen atoms in total. The first-order valence-corrected chi connectivity index (χ1v) is 11.8. The summed E-state index contributed by atoms with van der Waals surface area (Å²) in [5, 5.41) is 9.91. The van der Waals surface area contributed by atoms with E-state index in [0.29, 0.717) is 11.3 Å². The van der Waals surface area contributed by atoms with E-state index in [-0.39, 0.29) is 17.7 Å². The van der Waals surface area contributed by atoms with Crippen LogP contribution in [0.25, 0.3) is 17.1 Å². The van der Waals surface area contributed by atoms with Crippen molar-refractivity contribution in [1.29, 1.82) is 5.26 Å². The van der Waals surface area contributed by atoms with Crippen molar-refractivity contribution in [3.8, 4) is 23.1 Å². The smallest absolute Gasteiger partial charge is 0.205 e. The molecule has 0 aliphatic carbocycles. The van der Waals surface area contributed by atoms with Gasteiger partial charge in [-0.05, 0) is 42.7 Å². The number of aliphatic imine (C=N–C) groups is 1. The van der Waals surface area contributed by atoms with Crippen LogP contribution in [0.1, 0.15) is 46.1 Å². The van der Waals surface area contributed by atoms with E-state index in [1.54, 1.807) is 25.6 Å². The molecule has 0 amide bonds. The Kier molecular flexibility index (Phi) is 8.21. The Hall–Kier alpha value is -4.18. The Bertz CT molecular complexity index is 1290. The fourth-order valence-corrected chi connectivity index (χ4v) is 4.28. The number of ether oxygens (including phenoxy) is 1. The summed E-state index contributed by atoms with van der Waals surface area (Å²) < 4.78 is 7.76. The van der Waals surface area contributed by atoms with Gasteiger partial charge in [-0.1, -0.05) is 39.8 Å². The third kappa shape index (κ3) is 5.02. The lowest BCUT2D eigenvalue weighted by atomic mass is 9.78. The topological polar surface area (TPSA) is 102 Å². The molecular weight excluding hydrogens is 436 g/mol. The van der Waals surface area contributed by atoms with E-state index < -0.39 is 0 Å². The minimum Gasteiger partial charge on any atom is -0.445 e. The zero-order valence-corrected chi connectivity index (χ0v) is 21.1. The molecule has 1 unspecified atom stereocenters. The molecule has 0 saturated carbocycles. The SMILES string of the molecule is CC.CN=C(C1=C(C)OC(N)=C(C#N)C1c1ccc(-n2ccnc2-c2cccnc2)cc1)C(C)C. The number of allylic oxidation sites excluding steroid dienone is 3. The predicted molar refractivity (Wildman–Crippen MR) is 140 cm³/mol. The monoisotopic (exact) mass is 468 g/mol. The van der Waals surface area contributed by atoms with Gasteiger partial charge in [0.1, 0.15) is 23.2 Å². The minimum atomic E-state index is -0.348. The Balaban J connectivity index is 0.00000167. The zero-order valence-electron chi connectivity index (χ0n) is 21.1. The number of nitrogens with two attached hydrogens (primary N) is 1. The van der Waals surface area contributed by atoms with Crippen molar-refractivity contribution in [1.82, 2.24) is 14.5 Å². The molecule has 0 bridgehead atoms. The van der Waals surface area contributed by atoms with E-state index >= 15 is 0 Å². The molecule has 7 heteroatoms. The quantitative estimate of drug-likeness (QED) is 0.479. The average molecular weight is 469 g/mol. The number of rotatable bonds is 5. The van der Waals surface area contributed by atoms with Crippen LogP contribution in [0.15, 0.2) is 89.0 Å². The Morgan fingerprint density at radius 3 is 2.46 bits per heavy atom. The highest BCUT2D eigenvalue weighted by atomic mass is 16.5. The molecule has 2 N–H and O–H groups in total. The van der Waals surface area contributed by atoms with E-state index in [9.17, 15) is 5.26 Å². The molecule has 1 aromatic carbocycles. The van der Waals surface area contributed by atoms with Gasteiger partial charge in [0.2, 0.25) is 5.88 Å². The molecule has 0 fully saturated rings. The number of imidazole rings is 1. The van der Waals surface area contributed by atoms with Crippen molar-refractivity contribution in [2.24, 2.45) is 16.6 Å². The van der Waals surface area contributed by atoms with Crippen LogP contribution >= 0.6 is 0 Å². The largest absolute Gasteiger partial charge is 0.445 e. The second kappa shape index (κ2) is 11.3. The van der Waals surface area contributed by atoms with Gasteiger partial charge in [-0.15, -0.1) is 0 Å².